The normalized spacial score (nSPS) is 25.4. The molecule has 2 unspecified atom stereocenters. The van der Waals surface area contributed by atoms with E-state index in [1.165, 1.54) is 16.9 Å². The Bertz CT molecular complexity index is 408. The number of hydrogen-bond acceptors (Lipinski definition) is 2. The van der Waals surface area contributed by atoms with Gasteiger partial charge in [0.1, 0.15) is 0 Å². The van der Waals surface area contributed by atoms with Gasteiger partial charge in [-0.2, -0.15) is 0 Å². The minimum atomic E-state index is 0.378. The molecule has 0 aromatic heterocycles. The second-order valence-corrected chi connectivity index (χ2v) is 8.11. The molecule has 1 N–H and O–H groups in total. The van der Waals surface area contributed by atoms with Gasteiger partial charge < -0.3 is 5.32 Å². The van der Waals surface area contributed by atoms with E-state index in [1.54, 1.807) is 0 Å². The van der Waals surface area contributed by atoms with Gasteiger partial charge in [-0.1, -0.05) is 46.8 Å². The lowest BCUT2D eigenvalue weighted by molar-refractivity contribution is 0.0706. The van der Waals surface area contributed by atoms with E-state index in [9.17, 15) is 0 Å². The molecule has 1 aliphatic rings. The van der Waals surface area contributed by atoms with Gasteiger partial charge >= 0.3 is 0 Å². The average molecular weight is 277 g/mol. The fraction of sp³-hybridized carbons (Fsp3) is 0.647. The van der Waals surface area contributed by atoms with E-state index in [0.717, 1.165) is 6.54 Å². The molecule has 1 aliphatic carbocycles. The van der Waals surface area contributed by atoms with Gasteiger partial charge in [0, 0.05) is 16.2 Å². The molecule has 1 fully saturated rings. The topological polar surface area (TPSA) is 12.0 Å². The maximum Gasteiger partial charge on any atom is 0.0130 e. The van der Waals surface area contributed by atoms with Crippen molar-refractivity contribution in [2.24, 2.45) is 5.41 Å². The Morgan fingerprint density at radius 1 is 1.26 bits per heavy atom. The first kappa shape index (κ1) is 14.9. The van der Waals surface area contributed by atoms with Crippen molar-refractivity contribution in [2.45, 2.75) is 63.1 Å². The molecule has 1 aromatic rings. The molecule has 0 radical (unpaired) electrons. The number of hydrogen-bond donors (Lipinski definition) is 1. The highest BCUT2D eigenvalue weighted by Crippen LogP contribution is 2.52. The molecule has 0 bridgehead atoms. The minimum absolute atomic E-state index is 0.378. The van der Waals surface area contributed by atoms with Gasteiger partial charge in [-0.3, -0.25) is 0 Å². The summed E-state index contributed by atoms with van der Waals surface area (Å²) in [5.74, 6) is 0.703. The third kappa shape index (κ3) is 3.17. The summed E-state index contributed by atoms with van der Waals surface area (Å²) in [7, 11) is 0. The van der Waals surface area contributed by atoms with Gasteiger partial charge in [0.2, 0.25) is 0 Å². The van der Waals surface area contributed by atoms with Crippen LogP contribution in [-0.4, -0.2) is 17.8 Å². The third-order valence-electron chi connectivity index (χ3n) is 4.37. The van der Waals surface area contributed by atoms with E-state index in [-0.39, 0.29) is 0 Å². The minimum Gasteiger partial charge on any atom is -0.314 e. The Morgan fingerprint density at radius 3 is 2.37 bits per heavy atom. The fourth-order valence-corrected chi connectivity index (χ4v) is 3.97. The number of thioether (sulfide) groups is 1. The van der Waals surface area contributed by atoms with Crippen LogP contribution in [0, 0.1) is 5.41 Å². The summed E-state index contributed by atoms with van der Waals surface area (Å²) in [5, 5.41) is 4.26. The van der Waals surface area contributed by atoms with E-state index in [2.05, 4.69) is 64.2 Å². The molecule has 2 heteroatoms. The standard InChI is InChI=1S/C17H27NS/c1-6-18-16-11-15(17(16,4)5)13-7-9-14(10-8-13)19-12(2)3/h7-10,12,15-16,18H,6,11H2,1-5H3. The zero-order chi connectivity index (χ0) is 14.0. The summed E-state index contributed by atoms with van der Waals surface area (Å²) < 4.78 is 0. The van der Waals surface area contributed by atoms with Crippen molar-refractivity contribution in [1.29, 1.82) is 0 Å². The van der Waals surface area contributed by atoms with Crippen LogP contribution >= 0.6 is 11.8 Å². The summed E-state index contributed by atoms with van der Waals surface area (Å²) in [6.07, 6.45) is 1.28. The summed E-state index contributed by atoms with van der Waals surface area (Å²) in [4.78, 5) is 1.39. The highest BCUT2D eigenvalue weighted by Gasteiger charge is 2.47. The van der Waals surface area contributed by atoms with Gasteiger partial charge in [0.05, 0.1) is 0 Å². The van der Waals surface area contributed by atoms with E-state index in [0.29, 0.717) is 22.6 Å². The summed E-state index contributed by atoms with van der Waals surface area (Å²) >= 11 is 1.94. The van der Waals surface area contributed by atoms with Crippen LogP contribution in [0.1, 0.15) is 52.5 Å². The van der Waals surface area contributed by atoms with Gasteiger partial charge in [0.25, 0.3) is 0 Å². The van der Waals surface area contributed by atoms with Crippen LogP contribution in [0.15, 0.2) is 29.2 Å². The van der Waals surface area contributed by atoms with Crippen LogP contribution < -0.4 is 5.32 Å². The largest absolute Gasteiger partial charge is 0.314 e. The highest BCUT2D eigenvalue weighted by molar-refractivity contribution is 7.99. The van der Waals surface area contributed by atoms with Gasteiger partial charge in [-0.25, -0.2) is 0 Å². The summed E-state index contributed by atoms with van der Waals surface area (Å²) in [5.41, 5.74) is 1.88. The monoisotopic (exact) mass is 277 g/mol. The van der Waals surface area contributed by atoms with Crippen molar-refractivity contribution in [3.05, 3.63) is 29.8 Å². The third-order valence-corrected chi connectivity index (χ3v) is 5.39. The lowest BCUT2D eigenvalue weighted by Crippen LogP contribution is -2.55. The first-order valence-electron chi connectivity index (χ1n) is 7.45. The van der Waals surface area contributed by atoms with Crippen LogP contribution in [0.2, 0.25) is 0 Å². The zero-order valence-electron chi connectivity index (χ0n) is 12.9. The molecule has 0 spiro atoms. The predicted octanol–water partition coefficient (Wildman–Crippen LogP) is 4.68. The Hall–Kier alpha value is -0.470. The second kappa shape index (κ2) is 5.88. The molecule has 1 nitrogen and oxygen atoms in total. The smallest absolute Gasteiger partial charge is 0.0130 e. The van der Waals surface area contributed by atoms with Gasteiger partial charge in [-0.15, -0.1) is 11.8 Å². The van der Waals surface area contributed by atoms with Crippen LogP contribution in [-0.2, 0) is 0 Å². The Kier molecular flexibility index (Phi) is 4.62. The summed E-state index contributed by atoms with van der Waals surface area (Å²) in [6.45, 7) is 12.5. The van der Waals surface area contributed by atoms with E-state index in [1.807, 2.05) is 11.8 Å². The lowest BCUT2D eigenvalue weighted by atomic mass is 9.56. The van der Waals surface area contributed by atoms with Crippen molar-refractivity contribution < 1.29 is 0 Å². The molecule has 0 heterocycles. The molecule has 0 amide bonds. The van der Waals surface area contributed by atoms with Crippen LogP contribution in [0.5, 0.6) is 0 Å². The molecule has 1 aromatic carbocycles. The first-order valence-corrected chi connectivity index (χ1v) is 8.33. The van der Waals surface area contributed by atoms with Crippen molar-refractivity contribution in [2.75, 3.05) is 6.54 Å². The molecular weight excluding hydrogens is 250 g/mol. The molecule has 0 aliphatic heterocycles. The molecule has 0 saturated heterocycles. The van der Waals surface area contributed by atoms with Crippen molar-refractivity contribution in [3.8, 4) is 0 Å². The zero-order valence-corrected chi connectivity index (χ0v) is 13.7. The lowest BCUT2D eigenvalue weighted by Gasteiger charge is -2.53. The first-order chi connectivity index (χ1) is 8.95. The highest BCUT2D eigenvalue weighted by atomic mass is 32.2. The van der Waals surface area contributed by atoms with E-state index >= 15 is 0 Å². The van der Waals surface area contributed by atoms with Crippen LogP contribution in [0.3, 0.4) is 0 Å². The molecule has 2 rings (SSSR count). The molecule has 2 atom stereocenters. The predicted molar refractivity (Wildman–Crippen MR) is 86.0 cm³/mol. The van der Waals surface area contributed by atoms with Gasteiger partial charge in [-0.05, 0) is 42.0 Å². The van der Waals surface area contributed by atoms with Crippen molar-refractivity contribution in [3.63, 3.8) is 0 Å². The number of nitrogens with one attached hydrogen (secondary N) is 1. The van der Waals surface area contributed by atoms with Crippen molar-refractivity contribution in [1.82, 2.24) is 5.32 Å². The molecular formula is C17H27NS. The van der Waals surface area contributed by atoms with Gasteiger partial charge in [0.15, 0.2) is 0 Å². The molecule has 1 saturated carbocycles. The van der Waals surface area contributed by atoms with Crippen LogP contribution in [0.25, 0.3) is 0 Å². The number of benzene rings is 1. The SMILES string of the molecule is CCNC1CC(c2ccc(SC(C)C)cc2)C1(C)C. The summed E-state index contributed by atoms with van der Waals surface area (Å²) in [6, 6.07) is 9.92. The fourth-order valence-electron chi connectivity index (χ4n) is 3.13. The van der Waals surface area contributed by atoms with Crippen LogP contribution in [0.4, 0.5) is 0 Å². The quantitative estimate of drug-likeness (QED) is 0.784. The maximum atomic E-state index is 3.61. The average Bonchev–Trinajstić information content (AvgIpc) is 2.35. The van der Waals surface area contributed by atoms with E-state index in [4.69, 9.17) is 0 Å². The Labute approximate surface area is 122 Å². The number of rotatable bonds is 5. The maximum absolute atomic E-state index is 3.61. The Balaban J connectivity index is 2.04. The Morgan fingerprint density at radius 2 is 1.89 bits per heavy atom. The van der Waals surface area contributed by atoms with E-state index < -0.39 is 0 Å². The molecule has 19 heavy (non-hydrogen) atoms. The molecule has 106 valence electrons. The second-order valence-electron chi connectivity index (χ2n) is 6.46. The van der Waals surface area contributed by atoms with Crippen molar-refractivity contribution >= 4 is 11.8 Å².